The fourth-order valence-electron chi connectivity index (χ4n) is 5.14. The molecule has 0 spiro atoms. The standard InChI is InChI=1S/C27H43N3O3S/c1-19(2)29(20(3)4)15-9-7-5-6-8-10-16-34-22-11-12-23-21(17-22)18-30(27(23)33)24-13-14-25(31)28-26(24)32/h11-12,17,19-20,24-25,31H,5-10,13-16,18H2,1-4H3,(H,28,32). The Morgan fingerprint density at radius 2 is 1.71 bits per heavy atom. The molecule has 2 amide bonds. The van der Waals surface area contributed by atoms with E-state index < -0.39 is 12.3 Å². The third kappa shape index (κ3) is 7.22. The van der Waals surface area contributed by atoms with Crippen molar-refractivity contribution in [1.29, 1.82) is 0 Å². The van der Waals surface area contributed by atoms with Crippen molar-refractivity contribution in [2.24, 2.45) is 0 Å². The lowest BCUT2D eigenvalue weighted by Gasteiger charge is -2.32. The average molecular weight is 490 g/mol. The summed E-state index contributed by atoms with van der Waals surface area (Å²) in [6.07, 6.45) is 7.88. The third-order valence-electron chi connectivity index (χ3n) is 7.02. The van der Waals surface area contributed by atoms with Gasteiger partial charge in [-0.3, -0.25) is 14.5 Å². The van der Waals surface area contributed by atoms with Crippen molar-refractivity contribution in [3.63, 3.8) is 0 Å². The molecule has 0 aliphatic carbocycles. The molecule has 2 aliphatic heterocycles. The smallest absolute Gasteiger partial charge is 0.255 e. The number of benzene rings is 1. The van der Waals surface area contributed by atoms with Gasteiger partial charge < -0.3 is 15.3 Å². The van der Waals surface area contributed by atoms with E-state index in [0.717, 1.165) is 11.3 Å². The van der Waals surface area contributed by atoms with Gasteiger partial charge >= 0.3 is 0 Å². The molecule has 7 heteroatoms. The molecule has 2 heterocycles. The van der Waals surface area contributed by atoms with Crippen molar-refractivity contribution in [1.82, 2.24) is 15.1 Å². The number of thioether (sulfide) groups is 1. The van der Waals surface area contributed by atoms with Gasteiger partial charge in [-0.15, -0.1) is 11.8 Å². The molecule has 2 N–H and O–H groups in total. The second-order valence-corrected chi connectivity index (χ2v) is 11.4. The molecule has 2 atom stereocenters. The van der Waals surface area contributed by atoms with Gasteiger partial charge in [-0.25, -0.2) is 0 Å². The van der Waals surface area contributed by atoms with Crippen LogP contribution in [0.3, 0.4) is 0 Å². The zero-order chi connectivity index (χ0) is 24.7. The van der Waals surface area contributed by atoms with E-state index in [4.69, 9.17) is 0 Å². The number of nitrogens with zero attached hydrogens (tertiary/aromatic N) is 2. The van der Waals surface area contributed by atoms with Crippen LogP contribution in [0.4, 0.5) is 0 Å². The first kappa shape index (κ1) is 27.0. The van der Waals surface area contributed by atoms with Gasteiger partial charge in [0.25, 0.3) is 5.91 Å². The average Bonchev–Trinajstić information content (AvgIpc) is 3.10. The van der Waals surface area contributed by atoms with E-state index in [-0.39, 0.29) is 11.8 Å². The van der Waals surface area contributed by atoms with E-state index in [0.29, 0.717) is 37.0 Å². The van der Waals surface area contributed by atoms with Crippen LogP contribution >= 0.6 is 11.8 Å². The Morgan fingerprint density at radius 1 is 1.03 bits per heavy atom. The Labute approximate surface area is 209 Å². The summed E-state index contributed by atoms with van der Waals surface area (Å²) in [6, 6.07) is 6.82. The van der Waals surface area contributed by atoms with E-state index in [1.165, 1.54) is 50.0 Å². The molecule has 1 aromatic rings. The number of aliphatic hydroxyl groups excluding tert-OH is 1. The molecule has 1 aromatic carbocycles. The largest absolute Gasteiger partial charge is 0.374 e. The van der Waals surface area contributed by atoms with Gasteiger partial charge in [-0.1, -0.05) is 25.7 Å². The number of carbonyl (C=O) groups excluding carboxylic acids is 2. The highest BCUT2D eigenvalue weighted by Gasteiger charge is 2.39. The Kier molecular flexibility index (Phi) is 10.3. The molecule has 34 heavy (non-hydrogen) atoms. The summed E-state index contributed by atoms with van der Waals surface area (Å²) in [6.45, 7) is 10.8. The van der Waals surface area contributed by atoms with Crippen molar-refractivity contribution < 1.29 is 14.7 Å². The van der Waals surface area contributed by atoms with Gasteiger partial charge in [0.05, 0.1) is 0 Å². The van der Waals surface area contributed by atoms with Crippen LogP contribution in [-0.2, 0) is 11.3 Å². The zero-order valence-electron chi connectivity index (χ0n) is 21.4. The lowest BCUT2D eigenvalue weighted by Crippen LogP contribution is -2.54. The van der Waals surface area contributed by atoms with Gasteiger partial charge in [0, 0.05) is 29.1 Å². The minimum Gasteiger partial charge on any atom is -0.374 e. The molecular formula is C27H43N3O3S. The molecule has 2 unspecified atom stereocenters. The summed E-state index contributed by atoms with van der Waals surface area (Å²) in [5.41, 5.74) is 1.71. The van der Waals surface area contributed by atoms with Crippen molar-refractivity contribution in [3.8, 4) is 0 Å². The topological polar surface area (TPSA) is 72.9 Å². The second-order valence-electron chi connectivity index (χ2n) is 10.3. The number of nitrogens with one attached hydrogen (secondary N) is 1. The molecule has 1 saturated heterocycles. The Balaban J connectivity index is 1.33. The first-order valence-corrected chi connectivity index (χ1v) is 14.1. The number of rotatable bonds is 13. The second kappa shape index (κ2) is 12.9. The summed E-state index contributed by atoms with van der Waals surface area (Å²) in [7, 11) is 0. The van der Waals surface area contributed by atoms with E-state index in [9.17, 15) is 14.7 Å². The van der Waals surface area contributed by atoms with Crippen molar-refractivity contribution in [2.45, 2.75) is 115 Å². The monoisotopic (exact) mass is 489 g/mol. The van der Waals surface area contributed by atoms with Gasteiger partial charge in [0.15, 0.2) is 0 Å². The van der Waals surface area contributed by atoms with E-state index in [1.54, 1.807) is 4.90 Å². The fourth-order valence-corrected chi connectivity index (χ4v) is 6.12. The van der Waals surface area contributed by atoms with E-state index in [1.807, 2.05) is 23.9 Å². The van der Waals surface area contributed by atoms with Crippen LogP contribution in [0.1, 0.15) is 95.0 Å². The summed E-state index contributed by atoms with van der Waals surface area (Å²) in [4.78, 5) is 30.5. The van der Waals surface area contributed by atoms with Crippen LogP contribution in [0.25, 0.3) is 0 Å². The maximum Gasteiger partial charge on any atom is 0.255 e. The summed E-state index contributed by atoms with van der Waals surface area (Å²) < 4.78 is 0. The van der Waals surface area contributed by atoms with Crippen LogP contribution in [0, 0.1) is 0 Å². The molecule has 190 valence electrons. The number of hydrogen-bond donors (Lipinski definition) is 2. The van der Waals surface area contributed by atoms with Crippen LogP contribution in [-0.4, -0.2) is 63.4 Å². The SMILES string of the molecule is CC(C)N(CCCCCCCCSc1ccc2c(c1)CN(C1CCC(O)NC1=O)C2=O)C(C)C. The number of amides is 2. The molecule has 2 aliphatic rings. The molecule has 3 rings (SSSR count). The van der Waals surface area contributed by atoms with Crippen molar-refractivity contribution in [3.05, 3.63) is 29.3 Å². The van der Waals surface area contributed by atoms with Gasteiger partial charge in [0.2, 0.25) is 5.91 Å². The maximum atomic E-state index is 12.8. The maximum absolute atomic E-state index is 12.8. The van der Waals surface area contributed by atoms with E-state index >= 15 is 0 Å². The van der Waals surface area contributed by atoms with Crippen molar-refractivity contribution in [2.75, 3.05) is 12.3 Å². The molecule has 0 bridgehead atoms. The lowest BCUT2D eigenvalue weighted by molar-refractivity contribution is -0.132. The predicted molar refractivity (Wildman–Crippen MR) is 139 cm³/mol. The predicted octanol–water partition coefficient (Wildman–Crippen LogP) is 4.79. The quantitative estimate of drug-likeness (QED) is 0.308. The third-order valence-corrected chi connectivity index (χ3v) is 8.10. The highest BCUT2D eigenvalue weighted by Crippen LogP contribution is 2.31. The molecule has 1 fully saturated rings. The van der Waals surface area contributed by atoms with E-state index in [2.05, 4.69) is 44.0 Å². The normalized spacial score (nSPS) is 20.5. The summed E-state index contributed by atoms with van der Waals surface area (Å²) >= 11 is 1.86. The van der Waals surface area contributed by atoms with Gasteiger partial charge in [-0.05, 0) is 89.4 Å². The fraction of sp³-hybridized carbons (Fsp3) is 0.704. The first-order valence-electron chi connectivity index (χ1n) is 13.1. The number of hydrogen-bond acceptors (Lipinski definition) is 5. The number of carbonyl (C=O) groups is 2. The Bertz CT molecular complexity index is 821. The van der Waals surface area contributed by atoms with Crippen LogP contribution in [0.5, 0.6) is 0 Å². The molecule has 6 nitrogen and oxygen atoms in total. The summed E-state index contributed by atoms with van der Waals surface area (Å²) in [5, 5.41) is 12.2. The van der Waals surface area contributed by atoms with Crippen LogP contribution < -0.4 is 5.32 Å². The molecular weight excluding hydrogens is 446 g/mol. The molecule has 0 aromatic heterocycles. The number of aliphatic hydroxyl groups is 1. The van der Waals surface area contributed by atoms with Crippen LogP contribution in [0.15, 0.2) is 23.1 Å². The number of piperidine rings is 1. The number of fused-ring (bicyclic) bond motifs is 1. The highest BCUT2D eigenvalue weighted by atomic mass is 32.2. The highest BCUT2D eigenvalue weighted by molar-refractivity contribution is 7.99. The van der Waals surface area contributed by atoms with Crippen LogP contribution in [0.2, 0.25) is 0 Å². The summed E-state index contributed by atoms with van der Waals surface area (Å²) in [5.74, 6) is 0.757. The Morgan fingerprint density at radius 3 is 2.38 bits per heavy atom. The minimum atomic E-state index is -0.799. The van der Waals surface area contributed by atoms with Gasteiger partial charge in [0.1, 0.15) is 12.3 Å². The lowest BCUT2D eigenvalue weighted by atomic mass is 10.0. The molecule has 0 radical (unpaired) electrons. The number of unbranched alkanes of at least 4 members (excludes halogenated alkanes) is 5. The zero-order valence-corrected chi connectivity index (χ0v) is 22.2. The first-order chi connectivity index (χ1) is 16.3. The van der Waals surface area contributed by atoms with Gasteiger partial charge in [-0.2, -0.15) is 0 Å². The molecule has 0 saturated carbocycles. The Hall–Kier alpha value is -1.57. The minimum absolute atomic E-state index is 0.0759. The van der Waals surface area contributed by atoms with Crippen molar-refractivity contribution >= 4 is 23.6 Å².